The van der Waals surface area contributed by atoms with E-state index in [1.165, 1.54) is 5.56 Å². The summed E-state index contributed by atoms with van der Waals surface area (Å²) >= 11 is 0. The minimum atomic E-state index is -0.224. The molecule has 1 heterocycles. The molecule has 32 heavy (non-hydrogen) atoms. The van der Waals surface area contributed by atoms with Crippen LogP contribution >= 0.6 is 0 Å². The topological polar surface area (TPSA) is 85.2 Å². The summed E-state index contributed by atoms with van der Waals surface area (Å²) in [4.78, 5) is 26.9. The lowest BCUT2D eigenvalue weighted by Gasteiger charge is -2.46. The van der Waals surface area contributed by atoms with Crippen LogP contribution < -0.4 is 10.6 Å². The van der Waals surface area contributed by atoms with Gasteiger partial charge >= 0.3 is 0 Å². The standard InChI is InChI=1S/C26H30N4O2/c1-18-3-2-4-22(13-18)26(32)28-15-25(31)29-23-16-30(17-23)24-11-9-21(10-12-24)20-7-5-19(14-27)6-8-20/h2-8,13,21,23-24H,9-12,15-17H2,1H3,(H,28,32)(H,29,31). The molecule has 4 rings (SSSR count). The van der Waals surface area contributed by atoms with Crippen LogP contribution in [0.15, 0.2) is 48.5 Å². The van der Waals surface area contributed by atoms with Crippen LogP contribution in [-0.4, -0.2) is 48.4 Å². The number of nitrogens with zero attached hydrogens (tertiary/aromatic N) is 2. The third-order valence-electron chi connectivity index (χ3n) is 6.69. The molecule has 0 radical (unpaired) electrons. The Labute approximate surface area is 189 Å². The molecule has 2 N–H and O–H groups in total. The van der Waals surface area contributed by atoms with Gasteiger partial charge in [0.25, 0.3) is 5.91 Å². The Morgan fingerprint density at radius 2 is 1.78 bits per heavy atom. The highest BCUT2D eigenvalue weighted by atomic mass is 16.2. The van der Waals surface area contributed by atoms with Gasteiger partial charge < -0.3 is 10.6 Å². The second-order valence-electron chi connectivity index (χ2n) is 9.01. The number of carbonyl (C=O) groups is 2. The van der Waals surface area contributed by atoms with Crippen molar-refractivity contribution in [1.29, 1.82) is 5.26 Å². The molecule has 2 aromatic rings. The fourth-order valence-corrected chi connectivity index (χ4v) is 4.83. The molecule has 6 nitrogen and oxygen atoms in total. The minimum absolute atomic E-state index is 0.00102. The maximum Gasteiger partial charge on any atom is 0.251 e. The van der Waals surface area contributed by atoms with Gasteiger partial charge in [0, 0.05) is 24.7 Å². The van der Waals surface area contributed by atoms with Crippen molar-refractivity contribution in [2.24, 2.45) is 0 Å². The van der Waals surface area contributed by atoms with Crippen molar-refractivity contribution >= 4 is 11.8 Å². The van der Waals surface area contributed by atoms with E-state index in [2.05, 4.69) is 33.7 Å². The van der Waals surface area contributed by atoms with Gasteiger partial charge in [0.05, 0.1) is 24.2 Å². The van der Waals surface area contributed by atoms with Crippen molar-refractivity contribution in [2.45, 2.75) is 50.6 Å². The van der Waals surface area contributed by atoms with Gasteiger partial charge in [0.1, 0.15) is 0 Å². The third kappa shape index (κ3) is 5.35. The van der Waals surface area contributed by atoms with Crippen molar-refractivity contribution in [3.05, 3.63) is 70.8 Å². The summed E-state index contributed by atoms with van der Waals surface area (Å²) in [5, 5.41) is 14.7. The summed E-state index contributed by atoms with van der Waals surface area (Å²) in [5.74, 6) is 0.214. The predicted octanol–water partition coefficient (Wildman–Crippen LogP) is 3.12. The quantitative estimate of drug-likeness (QED) is 0.737. The van der Waals surface area contributed by atoms with E-state index >= 15 is 0 Å². The van der Waals surface area contributed by atoms with Gasteiger partial charge in [-0.25, -0.2) is 0 Å². The van der Waals surface area contributed by atoms with Crippen molar-refractivity contribution in [3.8, 4) is 6.07 Å². The fourth-order valence-electron chi connectivity index (χ4n) is 4.83. The number of nitrogens with one attached hydrogen (secondary N) is 2. The average Bonchev–Trinajstić information content (AvgIpc) is 2.80. The van der Waals surface area contributed by atoms with Gasteiger partial charge in [-0.1, -0.05) is 29.8 Å². The number of nitriles is 1. The van der Waals surface area contributed by atoms with Crippen molar-refractivity contribution in [2.75, 3.05) is 19.6 Å². The smallest absolute Gasteiger partial charge is 0.251 e. The molecule has 6 heteroatoms. The van der Waals surface area contributed by atoms with Crippen molar-refractivity contribution in [3.63, 3.8) is 0 Å². The van der Waals surface area contributed by atoms with Crippen LogP contribution in [0.4, 0.5) is 0 Å². The van der Waals surface area contributed by atoms with Crippen molar-refractivity contribution in [1.82, 2.24) is 15.5 Å². The van der Waals surface area contributed by atoms with Gasteiger partial charge in [-0.15, -0.1) is 0 Å². The predicted molar refractivity (Wildman–Crippen MR) is 123 cm³/mol. The SMILES string of the molecule is Cc1cccc(C(=O)NCC(=O)NC2CN(C3CCC(c4ccc(C#N)cc4)CC3)C2)c1. The monoisotopic (exact) mass is 430 g/mol. The number of aryl methyl sites for hydroxylation is 1. The zero-order valence-corrected chi connectivity index (χ0v) is 18.5. The van der Waals surface area contributed by atoms with E-state index in [0.29, 0.717) is 23.1 Å². The van der Waals surface area contributed by atoms with Crippen LogP contribution in [0.5, 0.6) is 0 Å². The largest absolute Gasteiger partial charge is 0.349 e. The first kappa shape index (κ1) is 22.0. The molecule has 166 valence electrons. The molecule has 2 aromatic carbocycles. The van der Waals surface area contributed by atoms with E-state index in [1.54, 1.807) is 6.07 Å². The summed E-state index contributed by atoms with van der Waals surface area (Å²) in [6, 6.07) is 18.3. The van der Waals surface area contributed by atoms with Crippen LogP contribution in [0.25, 0.3) is 0 Å². The molecule has 0 bridgehead atoms. The number of hydrogen-bond acceptors (Lipinski definition) is 4. The van der Waals surface area contributed by atoms with Gasteiger partial charge in [0.2, 0.25) is 5.91 Å². The molecule has 2 amide bonds. The zero-order chi connectivity index (χ0) is 22.5. The van der Waals surface area contributed by atoms with E-state index in [-0.39, 0.29) is 24.4 Å². The molecule has 0 atom stereocenters. The molecule has 0 unspecified atom stereocenters. The Morgan fingerprint density at radius 1 is 1.06 bits per heavy atom. The molecule has 1 aliphatic heterocycles. The summed E-state index contributed by atoms with van der Waals surface area (Å²) in [7, 11) is 0. The minimum Gasteiger partial charge on any atom is -0.349 e. The Balaban J connectivity index is 1.14. The molecular formula is C26H30N4O2. The third-order valence-corrected chi connectivity index (χ3v) is 6.69. The lowest BCUT2D eigenvalue weighted by atomic mass is 9.80. The zero-order valence-electron chi connectivity index (χ0n) is 18.5. The molecule has 2 aliphatic rings. The molecule has 2 fully saturated rings. The lowest BCUT2D eigenvalue weighted by molar-refractivity contribution is -0.122. The van der Waals surface area contributed by atoms with E-state index < -0.39 is 0 Å². The van der Waals surface area contributed by atoms with E-state index in [1.807, 2.05) is 37.3 Å². The highest BCUT2D eigenvalue weighted by molar-refractivity contribution is 5.96. The Kier molecular flexibility index (Phi) is 6.87. The second kappa shape index (κ2) is 9.97. The van der Waals surface area contributed by atoms with Crippen molar-refractivity contribution < 1.29 is 9.59 Å². The van der Waals surface area contributed by atoms with Crippen LogP contribution in [0, 0.1) is 18.3 Å². The number of likely N-dealkylation sites (tertiary alicyclic amines) is 1. The molecular weight excluding hydrogens is 400 g/mol. The average molecular weight is 431 g/mol. The Morgan fingerprint density at radius 3 is 2.44 bits per heavy atom. The number of benzene rings is 2. The summed E-state index contributed by atoms with van der Waals surface area (Å²) in [5.41, 5.74) is 3.64. The van der Waals surface area contributed by atoms with E-state index in [0.717, 1.165) is 44.3 Å². The van der Waals surface area contributed by atoms with Crippen LogP contribution in [0.2, 0.25) is 0 Å². The molecule has 1 saturated carbocycles. The Hall–Kier alpha value is -3.17. The Bertz CT molecular complexity index is 997. The van der Waals surface area contributed by atoms with Gasteiger partial charge in [-0.05, 0) is 68.4 Å². The second-order valence-corrected chi connectivity index (χ2v) is 9.01. The van der Waals surface area contributed by atoms with Gasteiger partial charge in [-0.3, -0.25) is 14.5 Å². The van der Waals surface area contributed by atoms with E-state index in [9.17, 15) is 9.59 Å². The number of amides is 2. The molecule has 0 spiro atoms. The summed E-state index contributed by atoms with van der Waals surface area (Å²) in [6.07, 6.45) is 4.65. The van der Waals surface area contributed by atoms with Crippen LogP contribution in [0.1, 0.15) is 58.6 Å². The first-order chi connectivity index (χ1) is 15.5. The highest BCUT2D eigenvalue weighted by Crippen LogP contribution is 2.36. The van der Waals surface area contributed by atoms with Crippen LogP contribution in [-0.2, 0) is 4.79 Å². The summed E-state index contributed by atoms with van der Waals surface area (Å²) < 4.78 is 0. The number of hydrogen-bond donors (Lipinski definition) is 2. The highest BCUT2D eigenvalue weighted by Gasteiger charge is 2.35. The van der Waals surface area contributed by atoms with Crippen LogP contribution in [0.3, 0.4) is 0 Å². The first-order valence-electron chi connectivity index (χ1n) is 11.4. The maximum atomic E-state index is 12.2. The number of carbonyl (C=O) groups excluding carboxylic acids is 2. The molecule has 1 aliphatic carbocycles. The normalized spacial score (nSPS) is 21.2. The van der Waals surface area contributed by atoms with E-state index in [4.69, 9.17) is 5.26 Å². The number of rotatable bonds is 6. The van der Waals surface area contributed by atoms with Gasteiger partial charge in [0.15, 0.2) is 0 Å². The lowest BCUT2D eigenvalue weighted by Crippen LogP contribution is -2.63. The maximum absolute atomic E-state index is 12.2. The molecule has 1 saturated heterocycles. The fraction of sp³-hybridized carbons (Fsp3) is 0.423. The van der Waals surface area contributed by atoms with Gasteiger partial charge in [-0.2, -0.15) is 5.26 Å². The summed E-state index contributed by atoms with van der Waals surface area (Å²) in [6.45, 7) is 3.69. The first-order valence-corrected chi connectivity index (χ1v) is 11.4. The molecule has 0 aromatic heterocycles.